The highest BCUT2D eigenvalue weighted by Crippen LogP contribution is 2.26. The summed E-state index contributed by atoms with van der Waals surface area (Å²) in [6.07, 6.45) is 0. The van der Waals surface area contributed by atoms with Crippen LogP contribution >= 0.6 is 15.9 Å². The molecule has 0 aliphatic carbocycles. The number of methoxy groups -OCH3 is 1. The van der Waals surface area contributed by atoms with E-state index in [4.69, 9.17) is 4.74 Å². The van der Waals surface area contributed by atoms with Crippen LogP contribution in [-0.4, -0.2) is 51.9 Å². The van der Waals surface area contributed by atoms with E-state index in [2.05, 4.69) is 21.2 Å². The van der Waals surface area contributed by atoms with Gasteiger partial charge in [-0.15, -0.1) is 0 Å². The Kier molecular flexibility index (Phi) is 9.34. The van der Waals surface area contributed by atoms with Crippen molar-refractivity contribution in [2.75, 3.05) is 25.0 Å². The fourth-order valence-electron chi connectivity index (χ4n) is 3.73. The van der Waals surface area contributed by atoms with E-state index in [1.54, 1.807) is 68.6 Å². The van der Waals surface area contributed by atoms with E-state index in [0.717, 1.165) is 19.9 Å². The van der Waals surface area contributed by atoms with Crippen molar-refractivity contribution in [3.05, 3.63) is 88.4 Å². The molecule has 0 unspecified atom stereocenters. The Balaban J connectivity index is 2.02. The maximum atomic E-state index is 13.7. The minimum absolute atomic E-state index is 0.0625. The number of aryl methyl sites for hydroxylation is 1. The van der Waals surface area contributed by atoms with Gasteiger partial charge in [0, 0.05) is 18.1 Å². The molecule has 0 spiro atoms. The van der Waals surface area contributed by atoms with Gasteiger partial charge in [-0.25, -0.2) is 8.42 Å². The molecule has 0 aromatic heterocycles. The van der Waals surface area contributed by atoms with Crippen LogP contribution in [0.1, 0.15) is 18.1 Å². The summed E-state index contributed by atoms with van der Waals surface area (Å²) in [5.41, 5.74) is 1.97. The van der Waals surface area contributed by atoms with Crippen LogP contribution in [0.3, 0.4) is 0 Å². The second-order valence-electron chi connectivity index (χ2n) is 8.46. The topological polar surface area (TPSA) is 96.0 Å². The number of nitrogens with one attached hydrogen (secondary N) is 1. The van der Waals surface area contributed by atoms with Crippen LogP contribution in [0.15, 0.2) is 82.2 Å². The largest absolute Gasteiger partial charge is 0.497 e. The van der Waals surface area contributed by atoms with Crippen LogP contribution in [0.25, 0.3) is 0 Å². The number of carbonyl (C=O) groups excluding carboxylic acids is 2. The van der Waals surface area contributed by atoms with Gasteiger partial charge in [-0.1, -0.05) is 45.8 Å². The highest BCUT2D eigenvalue weighted by molar-refractivity contribution is 9.10. The van der Waals surface area contributed by atoms with Crippen molar-refractivity contribution in [3.8, 4) is 5.75 Å². The van der Waals surface area contributed by atoms with Crippen molar-refractivity contribution in [2.45, 2.75) is 31.3 Å². The van der Waals surface area contributed by atoms with Gasteiger partial charge in [0.05, 0.1) is 17.7 Å². The number of carbonyl (C=O) groups is 2. The summed E-state index contributed by atoms with van der Waals surface area (Å²) >= 11 is 3.37. The molecule has 0 saturated heterocycles. The normalized spacial score (nSPS) is 11.9. The van der Waals surface area contributed by atoms with Gasteiger partial charge in [0.2, 0.25) is 11.8 Å². The van der Waals surface area contributed by atoms with Gasteiger partial charge in [0.15, 0.2) is 0 Å². The van der Waals surface area contributed by atoms with Gasteiger partial charge in [-0.3, -0.25) is 13.9 Å². The molecule has 1 atom stereocenters. The lowest BCUT2D eigenvalue weighted by Crippen LogP contribution is -2.50. The zero-order valence-electron chi connectivity index (χ0n) is 21.1. The molecule has 196 valence electrons. The number of sulfonamides is 1. The molecule has 1 N–H and O–H groups in total. The Morgan fingerprint density at radius 1 is 1.03 bits per heavy atom. The van der Waals surface area contributed by atoms with Crippen molar-refractivity contribution in [1.29, 1.82) is 0 Å². The van der Waals surface area contributed by atoms with Crippen LogP contribution in [-0.2, 0) is 26.2 Å². The SMILES string of the molecule is CNC(=O)[C@H](C)N(Cc1cccc(OC)c1)C(=O)CN(c1ccc(Br)cc1)S(=O)(=O)c1ccc(C)cc1. The zero-order chi connectivity index (χ0) is 27.2. The molecule has 2 amide bonds. The number of hydrogen-bond acceptors (Lipinski definition) is 5. The van der Waals surface area contributed by atoms with Crippen molar-refractivity contribution >= 4 is 43.5 Å². The summed E-state index contributed by atoms with van der Waals surface area (Å²) in [5, 5.41) is 2.57. The first-order valence-electron chi connectivity index (χ1n) is 11.6. The number of likely N-dealkylation sites (N-methyl/N-ethyl adjacent to an activating group) is 1. The number of amides is 2. The third-order valence-corrected chi connectivity index (χ3v) is 8.22. The predicted molar refractivity (Wildman–Crippen MR) is 147 cm³/mol. The van der Waals surface area contributed by atoms with E-state index in [9.17, 15) is 18.0 Å². The van der Waals surface area contributed by atoms with E-state index in [-0.39, 0.29) is 17.3 Å². The second kappa shape index (κ2) is 12.2. The fourth-order valence-corrected chi connectivity index (χ4v) is 5.41. The van der Waals surface area contributed by atoms with Gasteiger partial charge >= 0.3 is 0 Å². The fraction of sp³-hybridized carbons (Fsp3) is 0.259. The molecule has 0 heterocycles. The lowest BCUT2D eigenvalue weighted by atomic mass is 10.1. The maximum absolute atomic E-state index is 13.7. The number of anilines is 1. The van der Waals surface area contributed by atoms with Gasteiger partial charge in [0.1, 0.15) is 18.3 Å². The molecule has 37 heavy (non-hydrogen) atoms. The quantitative estimate of drug-likeness (QED) is 0.385. The van der Waals surface area contributed by atoms with Gasteiger partial charge < -0.3 is 15.0 Å². The monoisotopic (exact) mass is 587 g/mol. The summed E-state index contributed by atoms with van der Waals surface area (Å²) in [6.45, 7) is 3.06. The zero-order valence-corrected chi connectivity index (χ0v) is 23.5. The first-order valence-corrected chi connectivity index (χ1v) is 13.8. The number of halogens is 1. The summed E-state index contributed by atoms with van der Waals surface area (Å²) in [4.78, 5) is 27.7. The van der Waals surface area contributed by atoms with E-state index < -0.39 is 28.5 Å². The van der Waals surface area contributed by atoms with Crippen molar-refractivity contribution in [3.63, 3.8) is 0 Å². The Bertz CT molecular complexity index is 1350. The van der Waals surface area contributed by atoms with Gasteiger partial charge in [-0.05, 0) is 67.9 Å². The molecule has 0 saturated carbocycles. The smallest absolute Gasteiger partial charge is 0.264 e. The number of rotatable bonds is 10. The summed E-state index contributed by atoms with van der Waals surface area (Å²) in [5.74, 6) is -0.290. The van der Waals surface area contributed by atoms with E-state index in [1.807, 2.05) is 13.0 Å². The Morgan fingerprint density at radius 2 is 1.68 bits per heavy atom. The number of nitrogens with zero attached hydrogens (tertiary/aromatic N) is 2. The lowest BCUT2D eigenvalue weighted by molar-refractivity contribution is -0.139. The molecular weight excluding hydrogens is 558 g/mol. The van der Waals surface area contributed by atoms with Crippen molar-refractivity contribution < 1.29 is 22.7 Å². The first kappa shape index (κ1) is 28.2. The number of hydrogen-bond donors (Lipinski definition) is 1. The molecule has 8 nitrogen and oxygen atoms in total. The molecule has 0 bridgehead atoms. The summed E-state index contributed by atoms with van der Waals surface area (Å²) in [7, 11) is -1.07. The number of ether oxygens (including phenoxy) is 1. The van der Waals surface area contributed by atoms with Crippen LogP contribution in [0.4, 0.5) is 5.69 Å². The van der Waals surface area contributed by atoms with Crippen molar-refractivity contribution in [2.24, 2.45) is 0 Å². The van der Waals surface area contributed by atoms with Crippen LogP contribution in [0, 0.1) is 6.92 Å². The lowest BCUT2D eigenvalue weighted by Gasteiger charge is -2.31. The van der Waals surface area contributed by atoms with Crippen LogP contribution < -0.4 is 14.4 Å². The highest BCUT2D eigenvalue weighted by atomic mass is 79.9. The number of benzene rings is 3. The Hall–Kier alpha value is -3.37. The second-order valence-corrected chi connectivity index (χ2v) is 11.2. The average molecular weight is 589 g/mol. The molecular formula is C27H30BrN3O5S. The third-order valence-electron chi connectivity index (χ3n) is 5.90. The summed E-state index contributed by atoms with van der Waals surface area (Å²) in [6, 6.07) is 19.4. The van der Waals surface area contributed by atoms with Crippen LogP contribution in [0.5, 0.6) is 5.75 Å². The Morgan fingerprint density at radius 3 is 2.27 bits per heavy atom. The Labute approximate surface area is 226 Å². The van der Waals surface area contributed by atoms with E-state index >= 15 is 0 Å². The standard InChI is InChI=1S/C27H30BrN3O5S/c1-19-8-14-25(15-9-19)37(34,35)31(23-12-10-22(28)11-13-23)18-26(32)30(20(2)27(33)29-3)17-21-6-5-7-24(16-21)36-4/h5-16,20H,17-18H2,1-4H3,(H,29,33)/t20-/m0/s1. The van der Waals surface area contributed by atoms with Crippen molar-refractivity contribution in [1.82, 2.24) is 10.2 Å². The molecule has 0 radical (unpaired) electrons. The van der Waals surface area contributed by atoms with Crippen LogP contribution in [0.2, 0.25) is 0 Å². The molecule has 3 aromatic rings. The predicted octanol–water partition coefficient (Wildman–Crippen LogP) is 4.12. The average Bonchev–Trinajstić information content (AvgIpc) is 2.90. The maximum Gasteiger partial charge on any atom is 0.264 e. The summed E-state index contributed by atoms with van der Waals surface area (Å²) < 4.78 is 34.6. The molecule has 0 fully saturated rings. The molecule has 3 aromatic carbocycles. The van der Waals surface area contributed by atoms with Gasteiger partial charge in [0.25, 0.3) is 10.0 Å². The van der Waals surface area contributed by atoms with E-state index in [0.29, 0.717) is 11.4 Å². The molecule has 10 heteroatoms. The first-order chi connectivity index (χ1) is 17.6. The molecule has 3 rings (SSSR count). The molecule has 0 aliphatic rings. The third kappa shape index (κ3) is 6.90. The minimum atomic E-state index is -4.10. The minimum Gasteiger partial charge on any atom is -0.497 e. The molecule has 0 aliphatic heterocycles. The highest BCUT2D eigenvalue weighted by Gasteiger charge is 2.32. The van der Waals surface area contributed by atoms with E-state index in [1.165, 1.54) is 24.1 Å². The van der Waals surface area contributed by atoms with Gasteiger partial charge in [-0.2, -0.15) is 0 Å².